The molecule has 2 N–H and O–H groups in total. The Morgan fingerprint density at radius 1 is 0.962 bits per heavy atom. The number of aromatic nitrogens is 2. The molecule has 1 unspecified atom stereocenters. The lowest BCUT2D eigenvalue weighted by Gasteiger charge is -2.15. The molecule has 0 saturated heterocycles. The van der Waals surface area contributed by atoms with Gasteiger partial charge in [-0.05, 0) is 30.5 Å². The molecule has 1 atom stereocenters. The number of hydrogen-bond acceptors (Lipinski definition) is 5. The molecule has 0 amide bonds. The third-order valence-electron chi connectivity index (χ3n) is 4.22. The molecule has 0 fully saturated rings. The second-order valence-electron chi connectivity index (χ2n) is 6.05. The van der Waals surface area contributed by atoms with E-state index in [2.05, 4.69) is 45.7 Å². The van der Waals surface area contributed by atoms with Crippen molar-refractivity contribution in [2.45, 2.75) is 19.4 Å². The van der Waals surface area contributed by atoms with Crippen LogP contribution < -0.4 is 15.4 Å². The minimum absolute atomic E-state index is 0.174. The molecule has 3 rings (SSSR count). The summed E-state index contributed by atoms with van der Waals surface area (Å²) in [6.07, 6.45) is 2.43. The molecule has 0 aliphatic rings. The van der Waals surface area contributed by atoms with Gasteiger partial charge in [0.2, 0.25) is 0 Å². The molecule has 0 aliphatic heterocycles. The normalized spacial score (nSPS) is 11.6. The molecular formula is C21H24N4O. The van der Waals surface area contributed by atoms with Crippen molar-refractivity contribution in [2.24, 2.45) is 0 Å². The van der Waals surface area contributed by atoms with E-state index in [-0.39, 0.29) is 6.04 Å². The van der Waals surface area contributed by atoms with Crippen LogP contribution in [0.5, 0.6) is 5.75 Å². The first kappa shape index (κ1) is 17.7. The molecular weight excluding hydrogens is 324 g/mol. The zero-order valence-corrected chi connectivity index (χ0v) is 15.1. The van der Waals surface area contributed by atoms with Gasteiger partial charge in [0.15, 0.2) is 0 Å². The van der Waals surface area contributed by atoms with Crippen LogP contribution in [0.15, 0.2) is 67.0 Å². The minimum atomic E-state index is 0.174. The molecule has 0 bridgehead atoms. The fourth-order valence-corrected chi connectivity index (χ4v) is 2.81. The first-order chi connectivity index (χ1) is 12.8. The second kappa shape index (κ2) is 8.85. The first-order valence-corrected chi connectivity index (χ1v) is 8.75. The summed E-state index contributed by atoms with van der Waals surface area (Å²) in [7, 11) is 1.70. The summed E-state index contributed by atoms with van der Waals surface area (Å²) in [6.45, 7) is 2.89. The Hall–Kier alpha value is -3.08. The molecule has 1 aromatic heterocycles. The van der Waals surface area contributed by atoms with Crippen LogP contribution in [0, 0.1) is 0 Å². The largest absolute Gasteiger partial charge is 0.496 e. The number of ether oxygens (including phenoxy) is 1. The van der Waals surface area contributed by atoms with Gasteiger partial charge in [-0.3, -0.25) is 0 Å². The lowest BCUT2D eigenvalue weighted by atomic mass is 10.1. The van der Waals surface area contributed by atoms with Crippen LogP contribution in [0.25, 0.3) is 0 Å². The van der Waals surface area contributed by atoms with Crippen LogP contribution in [-0.2, 0) is 6.42 Å². The van der Waals surface area contributed by atoms with Gasteiger partial charge in [-0.1, -0.05) is 48.5 Å². The van der Waals surface area contributed by atoms with Crippen molar-refractivity contribution in [3.05, 3.63) is 78.1 Å². The summed E-state index contributed by atoms with van der Waals surface area (Å²) in [5, 5.41) is 6.76. The molecule has 2 aromatic carbocycles. The van der Waals surface area contributed by atoms with Gasteiger partial charge in [-0.25, -0.2) is 9.97 Å². The predicted molar refractivity (Wildman–Crippen MR) is 106 cm³/mol. The summed E-state index contributed by atoms with van der Waals surface area (Å²) in [5.74, 6) is 2.52. The van der Waals surface area contributed by atoms with Gasteiger partial charge in [-0.2, -0.15) is 0 Å². The summed E-state index contributed by atoms with van der Waals surface area (Å²) >= 11 is 0. The Labute approximate surface area is 154 Å². The van der Waals surface area contributed by atoms with E-state index >= 15 is 0 Å². The fourth-order valence-electron chi connectivity index (χ4n) is 2.81. The van der Waals surface area contributed by atoms with Gasteiger partial charge >= 0.3 is 0 Å². The minimum Gasteiger partial charge on any atom is -0.496 e. The zero-order valence-electron chi connectivity index (χ0n) is 15.1. The van der Waals surface area contributed by atoms with E-state index in [1.165, 1.54) is 11.1 Å². The van der Waals surface area contributed by atoms with E-state index in [0.717, 1.165) is 30.4 Å². The van der Waals surface area contributed by atoms with Crippen molar-refractivity contribution in [3.8, 4) is 5.75 Å². The Morgan fingerprint density at radius 3 is 2.50 bits per heavy atom. The van der Waals surface area contributed by atoms with Gasteiger partial charge in [0.1, 0.15) is 23.7 Å². The lowest BCUT2D eigenvalue weighted by Crippen LogP contribution is -2.10. The van der Waals surface area contributed by atoms with Crippen molar-refractivity contribution in [1.29, 1.82) is 0 Å². The molecule has 134 valence electrons. The number of rotatable bonds is 8. The van der Waals surface area contributed by atoms with Gasteiger partial charge in [-0.15, -0.1) is 0 Å². The van der Waals surface area contributed by atoms with Crippen molar-refractivity contribution < 1.29 is 4.74 Å². The van der Waals surface area contributed by atoms with Crippen LogP contribution >= 0.6 is 0 Å². The predicted octanol–water partition coefficient (Wildman–Crippen LogP) is 4.31. The standard InChI is InChI=1S/C21H24N4O/c1-16(17-8-4-3-5-9-17)25-21-14-20(23-15-24-21)22-13-12-18-10-6-7-11-19(18)26-2/h3-11,14-16H,12-13H2,1-2H3,(H2,22,23,24,25). The molecule has 0 aliphatic carbocycles. The van der Waals surface area contributed by atoms with E-state index in [4.69, 9.17) is 4.74 Å². The summed E-state index contributed by atoms with van der Waals surface area (Å²) in [5.41, 5.74) is 2.39. The highest BCUT2D eigenvalue weighted by Gasteiger charge is 2.07. The van der Waals surface area contributed by atoms with E-state index in [9.17, 15) is 0 Å². The molecule has 3 aromatic rings. The van der Waals surface area contributed by atoms with Crippen LogP contribution in [-0.4, -0.2) is 23.6 Å². The van der Waals surface area contributed by atoms with Gasteiger partial charge < -0.3 is 15.4 Å². The topological polar surface area (TPSA) is 59.1 Å². The van der Waals surface area contributed by atoms with Crippen molar-refractivity contribution in [1.82, 2.24) is 9.97 Å². The highest BCUT2D eigenvalue weighted by molar-refractivity contribution is 5.48. The number of methoxy groups -OCH3 is 1. The Kier molecular flexibility index (Phi) is 6.04. The monoisotopic (exact) mass is 348 g/mol. The molecule has 26 heavy (non-hydrogen) atoms. The number of para-hydroxylation sites is 1. The van der Waals surface area contributed by atoms with Crippen LogP contribution in [0.3, 0.4) is 0 Å². The number of benzene rings is 2. The van der Waals surface area contributed by atoms with Gasteiger partial charge in [0.25, 0.3) is 0 Å². The van der Waals surface area contributed by atoms with Gasteiger partial charge in [0, 0.05) is 18.7 Å². The van der Waals surface area contributed by atoms with E-state index in [1.807, 2.05) is 42.5 Å². The second-order valence-corrected chi connectivity index (χ2v) is 6.05. The lowest BCUT2D eigenvalue weighted by molar-refractivity contribution is 0.410. The first-order valence-electron chi connectivity index (χ1n) is 8.75. The zero-order chi connectivity index (χ0) is 18.2. The Morgan fingerprint density at radius 2 is 1.69 bits per heavy atom. The third kappa shape index (κ3) is 4.72. The molecule has 0 spiro atoms. The molecule has 0 saturated carbocycles. The van der Waals surface area contributed by atoms with E-state index in [0.29, 0.717) is 0 Å². The fraction of sp³-hybridized carbons (Fsp3) is 0.238. The molecule has 0 radical (unpaired) electrons. The Bertz CT molecular complexity index is 823. The van der Waals surface area contributed by atoms with E-state index in [1.54, 1.807) is 13.4 Å². The van der Waals surface area contributed by atoms with Crippen LogP contribution in [0.1, 0.15) is 24.1 Å². The maximum atomic E-state index is 5.39. The molecule has 5 heteroatoms. The smallest absolute Gasteiger partial charge is 0.131 e. The average molecular weight is 348 g/mol. The maximum Gasteiger partial charge on any atom is 0.131 e. The summed E-state index contributed by atoms with van der Waals surface area (Å²) in [6, 6.07) is 20.5. The van der Waals surface area contributed by atoms with E-state index < -0.39 is 0 Å². The molecule has 1 heterocycles. The highest BCUT2D eigenvalue weighted by atomic mass is 16.5. The summed E-state index contributed by atoms with van der Waals surface area (Å²) < 4.78 is 5.39. The maximum absolute atomic E-state index is 5.39. The molecule has 5 nitrogen and oxygen atoms in total. The van der Waals surface area contributed by atoms with Gasteiger partial charge in [0.05, 0.1) is 7.11 Å². The van der Waals surface area contributed by atoms with Crippen molar-refractivity contribution in [3.63, 3.8) is 0 Å². The third-order valence-corrected chi connectivity index (χ3v) is 4.22. The van der Waals surface area contributed by atoms with Crippen LogP contribution in [0.4, 0.5) is 11.6 Å². The van der Waals surface area contributed by atoms with Crippen molar-refractivity contribution >= 4 is 11.6 Å². The highest BCUT2D eigenvalue weighted by Crippen LogP contribution is 2.20. The SMILES string of the molecule is COc1ccccc1CCNc1cc(NC(C)c2ccccc2)ncn1. The van der Waals surface area contributed by atoms with Crippen molar-refractivity contribution in [2.75, 3.05) is 24.3 Å². The number of nitrogens with one attached hydrogen (secondary N) is 2. The quantitative estimate of drug-likeness (QED) is 0.635. The number of hydrogen-bond donors (Lipinski definition) is 2. The number of nitrogens with zero attached hydrogens (tertiary/aromatic N) is 2. The average Bonchev–Trinajstić information content (AvgIpc) is 2.69. The van der Waals surface area contributed by atoms with Crippen LogP contribution in [0.2, 0.25) is 0 Å². The number of anilines is 2. The summed E-state index contributed by atoms with van der Waals surface area (Å²) in [4.78, 5) is 8.62. The Balaban J connectivity index is 1.57.